The molecule has 0 spiro atoms. The maximum absolute atomic E-state index is 13.2. The van der Waals surface area contributed by atoms with Gasteiger partial charge in [-0.2, -0.15) is 0 Å². The molecule has 218 valence electrons. The SMILES string of the molecule is Cc1cc([N+](=O)[O-])ccc1NC(=O)C(C)Sc1ccc(NC(=O)/C(=C/c2ccc(Cl)cc2)NC(=O)c2ccccc2)cc1. The number of nitrogens with zero attached hydrogens (tertiary/aromatic N) is 1. The van der Waals surface area contributed by atoms with Crippen LogP contribution in [0.5, 0.6) is 0 Å². The van der Waals surface area contributed by atoms with Crippen LogP contribution in [-0.2, 0) is 9.59 Å². The number of anilines is 2. The number of carbonyl (C=O) groups is 3. The number of nitro benzene ring substituents is 1. The zero-order valence-electron chi connectivity index (χ0n) is 23.2. The van der Waals surface area contributed by atoms with Crippen molar-refractivity contribution in [3.05, 3.63) is 135 Å². The zero-order chi connectivity index (χ0) is 30.9. The highest BCUT2D eigenvalue weighted by atomic mass is 35.5. The number of amides is 3. The van der Waals surface area contributed by atoms with E-state index in [4.69, 9.17) is 11.6 Å². The predicted octanol–water partition coefficient (Wildman–Crippen LogP) is 7.09. The third-order valence-electron chi connectivity index (χ3n) is 6.18. The summed E-state index contributed by atoms with van der Waals surface area (Å²) in [5.74, 6) is -1.21. The number of aryl methyl sites for hydroxylation is 1. The first kappa shape index (κ1) is 31.0. The van der Waals surface area contributed by atoms with Crippen molar-refractivity contribution in [1.82, 2.24) is 5.32 Å². The summed E-state index contributed by atoms with van der Waals surface area (Å²) in [4.78, 5) is 50.1. The van der Waals surface area contributed by atoms with Gasteiger partial charge < -0.3 is 16.0 Å². The first-order valence-electron chi connectivity index (χ1n) is 13.1. The lowest BCUT2D eigenvalue weighted by Crippen LogP contribution is -2.30. The van der Waals surface area contributed by atoms with Crippen LogP contribution in [0.25, 0.3) is 6.08 Å². The second-order valence-electron chi connectivity index (χ2n) is 9.41. The lowest BCUT2D eigenvalue weighted by atomic mass is 10.1. The van der Waals surface area contributed by atoms with Crippen molar-refractivity contribution in [3.8, 4) is 0 Å². The molecular formula is C32H27ClN4O5S. The number of nitrogens with one attached hydrogen (secondary N) is 3. The Morgan fingerprint density at radius 3 is 2.21 bits per heavy atom. The van der Waals surface area contributed by atoms with Crippen molar-refractivity contribution in [3.63, 3.8) is 0 Å². The average molecular weight is 615 g/mol. The minimum Gasteiger partial charge on any atom is -0.325 e. The Bertz CT molecular complexity index is 1680. The van der Waals surface area contributed by atoms with E-state index in [0.717, 1.165) is 4.90 Å². The molecule has 0 aliphatic rings. The van der Waals surface area contributed by atoms with Gasteiger partial charge in [-0.05, 0) is 85.6 Å². The molecule has 0 radical (unpaired) electrons. The standard InChI is InChI=1S/C32H27ClN4O5S/c1-20-18-26(37(41)42)14-17-28(20)35-30(38)21(2)43-27-15-12-25(13-16-27)34-32(40)29(19-22-8-10-24(33)11-9-22)36-31(39)23-6-4-3-5-7-23/h3-19,21H,1-2H3,(H,34,40)(H,35,38)(H,36,39)/b29-19-. The molecule has 4 aromatic carbocycles. The van der Waals surface area contributed by atoms with Crippen molar-refractivity contribution < 1.29 is 19.3 Å². The highest BCUT2D eigenvalue weighted by Gasteiger charge is 2.18. The van der Waals surface area contributed by atoms with Gasteiger partial charge in [-0.1, -0.05) is 41.9 Å². The topological polar surface area (TPSA) is 130 Å². The van der Waals surface area contributed by atoms with Gasteiger partial charge in [0.1, 0.15) is 5.70 Å². The first-order valence-corrected chi connectivity index (χ1v) is 14.3. The van der Waals surface area contributed by atoms with Crippen molar-refractivity contribution in [2.75, 3.05) is 10.6 Å². The van der Waals surface area contributed by atoms with Crippen LogP contribution in [0.1, 0.15) is 28.4 Å². The first-order chi connectivity index (χ1) is 20.6. The second kappa shape index (κ2) is 14.3. The van der Waals surface area contributed by atoms with Gasteiger partial charge in [0, 0.05) is 39.0 Å². The number of thioether (sulfide) groups is 1. The van der Waals surface area contributed by atoms with E-state index < -0.39 is 22.0 Å². The Hall–Kier alpha value is -4.93. The van der Waals surface area contributed by atoms with E-state index in [1.165, 1.54) is 30.0 Å². The van der Waals surface area contributed by atoms with Crippen LogP contribution in [0.2, 0.25) is 5.02 Å². The summed E-state index contributed by atoms with van der Waals surface area (Å²) in [6.45, 7) is 3.44. The molecule has 0 saturated carbocycles. The van der Waals surface area contributed by atoms with Gasteiger partial charge in [-0.15, -0.1) is 11.8 Å². The zero-order valence-corrected chi connectivity index (χ0v) is 24.7. The average Bonchev–Trinajstić information content (AvgIpc) is 3.00. The van der Waals surface area contributed by atoms with Crippen molar-refractivity contribution in [1.29, 1.82) is 0 Å². The fourth-order valence-corrected chi connectivity index (χ4v) is 4.87. The number of rotatable bonds is 10. The van der Waals surface area contributed by atoms with Crippen LogP contribution in [0.3, 0.4) is 0 Å². The molecule has 43 heavy (non-hydrogen) atoms. The number of halogens is 1. The molecule has 0 heterocycles. The number of benzene rings is 4. The van der Waals surface area contributed by atoms with Crippen molar-refractivity contribution in [2.45, 2.75) is 24.0 Å². The van der Waals surface area contributed by atoms with Gasteiger partial charge in [0.05, 0.1) is 10.2 Å². The Morgan fingerprint density at radius 2 is 1.58 bits per heavy atom. The lowest BCUT2D eigenvalue weighted by molar-refractivity contribution is -0.384. The molecule has 0 fully saturated rings. The fourth-order valence-electron chi connectivity index (χ4n) is 3.88. The molecule has 3 amide bonds. The molecular weight excluding hydrogens is 588 g/mol. The summed E-state index contributed by atoms with van der Waals surface area (Å²) in [5, 5.41) is 19.3. The maximum atomic E-state index is 13.2. The highest BCUT2D eigenvalue weighted by Crippen LogP contribution is 2.27. The minimum absolute atomic E-state index is 0.0430. The molecule has 3 N–H and O–H groups in total. The number of nitro groups is 1. The fraction of sp³-hybridized carbons (Fsp3) is 0.0938. The van der Waals surface area contributed by atoms with Gasteiger partial charge in [0.15, 0.2) is 0 Å². The van der Waals surface area contributed by atoms with Crippen LogP contribution < -0.4 is 16.0 Å². The number of non-ortho nitro benzene ring substituents is 1. The van der Waals surface area contributed by atoms with E-state index in [9.17, 15) is 24.5 Å². The summed E-state index contributed by atoms with van der Waals surface area (Å²) in [7, 11) is 0. The molecule has 9 nitrogen and oxygen atoms in total. The van der Waals surface area contributed by atoms with Crippen LogP contribution in [0.4, 0.5) is 17.1 Å². The van der Waals surface area contributed by atoms with Crippen molar-refractivity contribution in [2.24, 2.45) is 0 Å². The predicted molar refractivity (Wildman–Crippen MR) is 170 cm³/mol. The van der Waals surface area contributed by atoms with Gasteiger partial charge in [0.2, 0.25) is 5.91 Å². The number of carbonyl (C=O) groups excluding carboxylic acids is 3. The molecule has 0 aromatic heterocycles. The van der Waals surface area contributed by atoms with Gasteiger partial charge in [-0.25, -0.2) is 0 Å². The Kier molecular flexibility index (Phi) is 10.3. The molecule has 1 unspecified atom stereocenters. The Morgan fingerprint density at radius 1 is 0.907 bits per heavy atom. The summed E-state index contributed by atoms with van der Waals surface area (Å²) in [5.41, 5.74) is 2.65. The normalized spacial score (nSPS) is 11.7. The number of hydrogen-bond donors (Lipinski definition) is 3. The molecule has 11 heteroatoms. The van der Waals surface area contributed by atoms with E-state index >= 15 is 0 Å². The highest BCUT2D eigenvalue weighted by molar-refractivity contribution is 8.00. The third-order valence-corrected chi connectivity index (χ3v) is 7.55. The number of hydrogen-bond acceptors (Lipinski definition) is 6. The summed E-state index contributed by atoms with van der Waals surface area (Å²) in [6.07, 6.45) is 1.56. The molecule has 0 saturated heterocycles. The largest absolute Gasteiger partial charge is 0.325 e. The van der Waals surface area contributed by atoms with Crippen LogP contribution in [-0.4, -0.2) is 27.9 Å². The summed E-state index contributed by atoms with van der Waals surface area (Å²) >= 11 is 7.30. The van der Waals surface area contributed by atoms with E-state index in [-0.39, 0.29) is 17.3 Å². The molecule has 4 aromatic rings. The lowest BCUT2D eigenvalue weighted by Gasteiger charge is -2.14. The van der Waals surface area contributed by atoms with Crippen LogP contribution in [0, 0.1) is 17.0 Å². The molecule has 0 aliphatic carbocycles. The quantitative estimate of drug-likeness (QED) is 0.0757. The van der Waals surface area contributed by atoms with E-state index in [2.05, 4.69) is 16.0 Å². The van der Waals surface area contributed by atoms with E-state index in [0.29, 0.717) is 33.1 Å². The maximum Gasteiger partial charge on any atom is 0.272 e. The molecule has 0 bridgehead atoms. The van der Waals surface area contributed by atoms with Gasteiger partial charge in [0.25, 0.3) is 17.5 Å². The van der Waals surface area contributed by atoms with Gasteiger partial charge >= 0.3 is 0 Å². The van der Waals surface area contributed by atoms with E-state index in [1.54, 1.807) is 98.8 Å². The van der Waals surface area contributed by atoms with Gasteiger partial charge in [-0.3, -0.25) is 24.5 Å². The van der Waals surface area contributed by atoms with Crippen LogP contribution >= 0.6 is 23.4 Å². The smallest absolute Gasteiger partial charge is 0.272 e. The monoisotopic (exact) mass is 614 g/mol. The summed E-state index contributed by atoms with van der Waals surface area (Å²) < 4.78 is 0. The molecule has 4 rings (SSSR count). The summed E-state index contributed by atoms with van der Waals surface area (Å²) in [6, 6.07) is 26.6. The van der Waals surface area contributed by atoms with Crippen LogP contribution in [0.15, 0.2) is 108 Å². The van der Waals surface area contributed by atoms with E-state index in [1.807, 2.05) is 0 Å². The Labute approximate surface area is 257 Å². The third kappa shape index (κ3) is 8.78. The second-order valence-corrected chi connectivity index (χ2v) is 11.3. The van der Waals surface area contributed by atoms with Crippen molar-refractivity contribution >= 4 is 64.2 Å². The Balaban J connectivity index is 1.41. The minimum atomic E-state index is -0.522. The molecule has 1 atom stereocenters. The molecule has 0 aliphatic heterocycles.